The number of nitrogens with zero attached hydrogens (tertiary/aromatic N) is 2. The van der Waals surface area contributed by atoms with Gasteiger partial charge in [0.1, 0.15) is 0 Å². The first-order valence-electron chi connectivity index (χ1n) is 9.76. The van der Waals surface area contributed by atoms with Crippen molar-refractivity contribution in [3.8, 4) is 11.5 Å². The molecule has 0 unspecified atom stereocenters. The molecule has 30 heavy (non-hydrogen) atoms. The smallest absolute Gasteiger partial charge is 0.255 e. The van der Waals surface area contributed by atoms with E-state index in [4.69, 9.17) is 9.47 Å². The van der Waals surface area contributed by atoms with Crippen LogP contribution < -0.4 is 14.8 Å². The Labute approximate surface area is 177 Å². The van der Waals surface area contributed by atoms with Crippen LogP contribution in [0, 0.1) is 0 Å². The molecule has 9 heteroatoms. The standard InChI is InChI=1S/C21H27N3O5S/c1-4-29-19-9-8-17(15-20(19)28-3)22-21(25)16-6-5-7-18(14-16)30(26,27)24-12-10-23(2)11-13-24/h5-9,14-15H,4,10-13H2,1-3H3,(H,22,25). The van der Waals surface area contributed by atoms with Crippen molar-refractivity contribution in [2.45, 2.75) is 11.8 Å². The molecular formula is C21H27N3O5S. The molecule has 1 saturated heterocycles. The molecule has 2 aromatic rings. The van der Waals surface area contributed by atoms with Crippen molar-refractivity contribution in [2.24, 2.45) is 0 Å². The zero-order valence-electron chi connectivity index (χ0n) is 17.4. The van der Waals surface area contributed by atoms with Gasteiger partial charge in [0.2, 0.25) is 10.0 Å². The molecule has 162 valence electrons. The van der Waals surface area contributed by atoms with E-state index in [0.717, 1.165) is 0 Å². The Morgan fingerprint density at radius 2 is 1.80 bits per heavy atom. The average Bonchev–Trinajstić information content (AvgIpc) is 2.75. The third kappa shape index (κ3) is 4.92. The summed E-state index contributed by atoms with van der Waals surface area (Å²) in [5, 5.41) is 2.78. The van der Waals surface area contributed by atoms with Gasteiger partial charge in [-0.2, -0.15) is 4.31 Å². The normalized spacial score (nSPS) is 15.6. The largest absolute Gasteiger partial charge is 0.493 e. The fraction of sp³-hybridized carbons (Fsp3) is 0.381. The van der Waals surface area contributed by atoms with Crippen LogP contribution in [0.4, 0.5) is 5.69 Å². The van der Waals surface area contributed by atoms with Crippen LogP contribution >= 0.6 is 0 Å². The quantitative estimate of drug-likeness (QED) is 0.721. The van der Waals surface area contributed by atoms with Crippen LogP contribution in [0.2, 0.25) is 0 Å². The minimum absolute atomic E-state index is 0.115. The van der Waals surface area contributed by atoms with Crippen molar-refractivity contribution in [1.82, 2.24) is 9.21 Å². The minimum atomic E-state index is -3.65. The number of hydrogen-bond donors (Lipinski definition) is 1. The molecular weight excluding hydrogens is 406 g/mol. The van der Waals surface area contributed by atoms with Crippen LogP contribution in [-0.4, -0.2) is 70.5 Å². The first kappa shape index (κ1) is 22.1. The number of carbonyl (C=O) groups excluding carboxylic acids is 1. The van der Waals surface area contributed by atoms with Gasteiger partial charge in [0.15, 0.2) is 11.5 Å². The highest BCUT2D eigenvalue weighted by atomic mass is 32.2. The van der Waals surface area contributed by atoms with Crippen LogP contribution in [0.3, 0.4) is 0 Å². The number of nitrogens with one attached hydrogen (secondary N) is 1. The Bertz CT molecular complexity index is 1000. The van der Waals surface area contributed by atoms with Crippen LogP contribution in [0.5, 0.6) is 11.5 Å². The van der Waals surface area contributed by atoms with Gasteiger partial charge in [-0.05, 0) is 44.3 Å². The summed E-state index contributed by atoms with van der Waals surface area (Å²) in [7, 11) is -0.160. The summed E-state index contributed by atoms with van der Waals surface area (Å²) in [5.41, 5.74) is 0.783. The van der Waals surface area contributed by atoms with Gasteiger partial charge < -0.3 is 19.7 Å². The maximum Gasteiger partial charge on any atom is 0.255 e. The molecule has 0 saturated carbocycles. The van der Waals surface area contributed by atoms with Gasteiger partial charge in [-0.3, -0.25) is 4.79 Å². The summed E-state index contributed by atoms with van der Waals surface area (Å²) in [6.45, 7) is 4.59. The summed E-state index contributed by atoms with van der Waals surface area (Å²) < 4.78 is 38.1. The van der Waals surface area contributed by atoms with Gasteiger partial charge in [0, 0.05) is 43.5 Å². The Balaban J connectivity index is 1.78. The number of ether oxygens (including phenoxy) is 2. The fourth-order valence-corrected chi connectivity index (χ4v) is 4.67. The summed E-state index contributed by atoms with van der Waals surface area (Å²) in [6.07, 6.45) is 0. The van der Waals surface area contributed by atoms with Crippen LogP contribution in [-0.2, 0) is 10.0 Å². The molecule has 1 heterocycles. The van der Waals surface area contributed by atoms with Crippen molar-refractivity contribution < 1.29 is 22.7 Å². The van der Waals surface area contributed by atoms with Gasteiger partial charge in [0.25, 0.3) is 5.91 Å². The third-order valence-electron chi connectivity index (χ3n) is 4.92. The number of benzene rings is 2. The van der Waals surface area contributed by atoms with Gasteiger partial charge in [-0.25, -0.2) is 8.42 Å². The molecule has 0 aromatic heterocycles. The highest BCUT2D eigenvalue weighted by molar-refractivity contribution is 7.89. The number of piperazine rings is 1. The van der Waals surface area contributed by atoms with Gasteiger partial charge >= 0.3 is 0 Å². The molecule has 8 nitrogen and oxygen atoms in total. The average molecular weight is 434 g/mol. The lowest BCUT2D eigenvalue weighted by Crippen LogP contribution is -2.47. The number of hydrogen-bond acceptors (Lipinski definition) is 6. The zero-order chi connectivity index (χ0) is 21.7. The van der Waals surface area contributed by atoms with Crippen molar-refractivity contribution in [3.63, 3.8) is 0 Å². The Hall–Kier alpha value is -2.62. The predicted molar refractivity (Wildman–Crippen MR) is 115 cm³/mol. The van der Waals surface area contributed by atoms with E-state index in [1.807, 2.05) is 14.0 Å². The zero-order valence-corrected chi connectivity index (χ0v) is 18.2. The van der Waals surface area contributed by atoms with E-state index < -0.39 is 15.9 Å². The molecule has 0 bridgehead atoms. The molecule has 1 aliphatic heterocycles. The minimum Gasteiger partial charge on any atom is -0.493 e. The molecule has 1 N–H and O–H groups in total. The molecule has 3 rings (SSSR count). The molecule has 1 aliphatic rings. The van der Waals surface area contributed by atoms with Crippen molar-refractivity contribution in [3.05, 3.63) is 48.0 Å². The molecule has 0 radical (unpaired) electrons. The lowest BCUT2D eigenvalue weighted by Gasteiger charge is -2.31. The number of carbonyl (C=O) groups is 1. The summed E-state index contributed by atoms with van der Waals surface area (Å²) >= 11 is 0. The van der Waals surface area contributed by atoms with E-state index in [1.165, 1.54) is 23.5 Å². The van der Waals surface area contributed by atoms with Gasteiger partial charge in [0.05, 0.1) is 18.6 Å². The van der Waals surface area contributed by atoms with E-state index in [9.17, 15) is 13.2 Å². The first-order valence-corrected chi connectivity index (χ1v) is 11.2. The SMILES string of the molecule is CCOc1ccc(NC(=O)c2cccc(S(=O)(=O)N3CCN(C)CC3)c2)cc1OC. The number of likely N-dealkylation sites (N-methyl/N-ethyl adjacent to an activating group) is 1. The van der Waals surface area contributed by atoms with Crippen molar-refractivity contribution >= 4 is 21.6 Å². The highest BCUT2D eigenvalue weighted by Crippen LogP contribution is 2.30. The van der Waals surface area contributed by atoms with Crippen LogP contribution in [0.1, 0.15) is 17.3 Å². The predicted octanol–water partition coefficient (Wildman–Crippen LogP) is 2.28. The maximum absolute atomic E-state index is 13.0. The second-order valence-corrected chi connectivity index (χ2v) is 8.93. The lowest BCUT2D eigenvalue weighted by atomic mass is 10.2. The number of amides is 1. The van der Waals surface area contributed by atoms with Crippen LogP contribution in [0.15, 0.2) is 47.4 Å². The number of rotatable bonds is 7. The Morgan fingerprint density at radius 1 is 1.07 bits per heavy atom. The highest BCUT2D eigenvalue weighted by Gasteiger charge is 2.28. The van der Waals surface area contributed by atoms with E-state index in [0.29, 0.717) is 50.0 Å². The monoisotopic (exact) mass is 433 g/mol. The molecule has 1 amide bonds. The molecule has 0 aliphatic carbocycles. The van der Waals surface area contributed by atoms with Crippen molar-refractivity contribution in [2.75, 3.05) is 52.3 Å². The molecule has 0 atom stereocenters. The van der Waals surface area contributed by atoms with E-state index in [2.05, 4.69) is 10.2 Å². The van der Waals surface area contributed by atoms with E-state index in [-0.39, 0.29) is 10.5 Å². The third-order valence-corrected chi connectivity index (χ3v) is 6.81. The fourth-order valence-electron chi connectivity index (χ4n) is 3.20. The molecule has 2 aromatic carbocycles. The summed E-state index contributed by atoms with van der Waals surface area (Å²) in [5.74, 6) is 0.677. The lowest BCUT2D eigenvalue weighted by molar-refractivity contribution is 0.102. The Morgan fingerprint density at radius 3 is 2.47 bits per heavy atom. The second kappa shape index (κ2) is 9.46. The second-order valence-electron chi connectivity index (χ2n) is 6.99. The molecule has 0 spiro atoms. The topological polar surface area (TPSA) is 88.2 Å². The van der Waals surface area contributed by atoms with E-state index in [1.54, 1.807) is 30.3 Å². The summed E-state index contributed by atoms with van der Waals surface area (Å²) in [6, 6.07) is 11.2. The Kier molecular flexibility index (Phi) is 6.96. The number of methoxy groups -OCH3 is 1. The molecule has 1 fully saturated rings. The first-order chi connectivity index (χ1) is 14.3. The maximum atomic E-state index is 13.0. The number of anilines is 1. The summed E-state index contributed by atoms with van der Waals surface area (Å²) in [4.78, 5) is 14.9. The van der Waals surface area contributed by atoms with E-state index >= 15 is 0 Å². The van der Waals surface area contributed by atoms with Gasteiger partial charge in [-0.15, -0.1) is 0 Å². The number of sulfonamides is 1. The van der Waals surface area contributed by atoms with Gasteiger partial charge in [-0.1, -0.05) is 6.07 Å². The van der Waals surface area contributed by atoms with Crippen molar-refractivity contribution in [1.29, 1.82) is 0 Å². The van der Waals surface area contributed by atoms with Crippen LogP contribution in [0.25, 0.3) is 0 Å².